The molecule has 2 N–H and O–H groups in total. The summed E-state index contributed by atoms with van der Waals surface area (Å²) < 4.78 is 5.05. The first-order chi connectivity index (χ1) is 10.6. The fourth-order valence-corrected chi connectivity index (χ4v) is 1.87. The average Bonchev–Trinajstić information content (AvgIpc) is 2.51. The van der Waals surface area contributed by atoms with Crippen LogP contribution in [0.5, 0.6) is 5.75 Å². The number of aryl methyl sites for hydroxylation is 1. The van der Waals surface area contributed by atoms with E-state index in [0.29, 0.717) is 0 Å². The Morgan fingerprint density at radius 1 is 1.14 bits per heavy atom. The molecule has 114 valence electrons. The van der Waals surface area contributed by atoms with Gasteiger partial charge in [-0.25, -0.2) is 0 Å². The van der Waals surface area contributed by atoms with E-state index in [4.69, 9.17) is 4.74 Å². The highest BCUT2D eigenvalue weighted by Crippen LogP contribution is 2.17. The summed E-state index contributed by atoms with van der Waals surface area (Å²) in [6, 6.07) is 14.0. The summed E-state index contributed by atoms with van der Waals surface area (Å²) in [5, 5.41) is 12.1. The highest BCUT2D eigenvalue weighted by molar-refractivity contribution is 5.98. The SMILES string of the molecule is Cc1ccc(C(=O)NCC(=O)OCc2ccccc2)c(O)c1. The molecule has 0 aliphatic heterocycles. The number of benzene rings is 2. The molecule has 22 heavy (non-hydrogen) atoms. The van der Waals surface area contributed by atoms with Gasteiger partial charge in [0.1, 0.15) is 18.9 Å². The second-order valence-electron chi connectivity index (χ2n) is 4.85. The van der Waals surface area contributed by atoms with Crippen molar-refractivity contribution in [1.29, 1.82) is 0 Å². The third-order valence-electron chi connectivity index (χ3n) is 3.03. The first-order valence-corrected chi connectivity index (χ1v) is 6.83. The molecule has 0 radical (unpaired) electrons. The summed E-state index contributed by atoms with van der Waals surface area (Å²) in [6.45, 7) is 1.71. The molecular formula is C17H17NO4. The van der Waals surface area contributed by atoms with Gasteiger partial charge in [-0.2, -0.15) is 0 Å². The Morgan fingerprint density at radius 2 is 1.86 bits per heavy atom. The topological polar surface area (TPSA) is 75.6 Å². The summed E-state index contributed by atoms with van der Waals surface area (Å²) >= 11 is 0. The summed E-state index contributed by atoms with van der Waals surface area (Å²) in [5.41, 5.74) is 1.84. The lowest BCUT2D eigenvalue weighted by molar-refractivity contribution is -0.143. The number of carbonyl (C=O) groups is 2. The number of ether oxygens (including phenoxy) is 1. The number of rotatable bonds is 5. The predicted octanol–water partition coefficient (Wildman–Crippen LogP) is 2.17. The number of carbonyl (C=O) groups excluding carboxylic acids is 2. The van der Waals surface area contributed by atoms with E-state index in [1.807, 2.05) is 37.3 Å². The van der Waals surface area contributed by atoms with E-state index in [-0.39, 0.29) is 24.5 Å². The van der Waals surface area contributed by atoms with Crippen LogP contribution < -0.4 is 5.32 Å². The molecule has 0 saturated heterocycles. The van der Waals surface area contributed by atoms with Crippen molar-refractivity contribution >= 4 is 11.9 Å². The summed E-state index contributed by atoms with van der Waals surface area (Å²) in [5.74, 6) is -1.17. The van der Waals surface area contributed by atoms with Crippen molar-refractivity contribution in [3.05, 3.63) is 65.2 Å². The molecule has 0 atom stereocenters. The van der Waals surface area contributed by atoms with Gasteiger partial charge < -0.3 is 15.2 Å². The Bertz CT molecular complexity index is 668. The quantitative estimate of drug-likeness (QED) is 0.830. The number of esters is 1. The molecule has 2 aromatic carbocycles. The molecule has 0 bridgehead atoms. The van der Waals surface area contributed by atoms with E-state index in [2.05, 4.69) is 5.32 Å². The number of nitrogens with one attached hydrogen (secondary N) is 1. The third-order valence-corrected chi connectivity index (χ3v) is 3.03. The van der Waals surface area contributed by atoms with E-state index in [1.54, 1.807) is 6.07 Å². The van der Waals surface area contributed by atoms with Gasteiger partial charge in [0.2, 0.25) is 0 Å². The second-order valence-corrected chi connectivity index (χ2v) is 4.85. The molecule has 0 heterocycles. The van der Waals surface area contributed by atoms with Crippen LogP contribution in [0.15, 0.2) is 48.5 Å². The molecule has 0 fully saturated rings. The number of phenols is 1. The van der Waals surface area contributed by atoms with Crippen molar-refractivity contribution in [2.24, 2.45) is 0 Å². The van der Waals surface area contributed by atoms with Gasteiger partial charge in [0.15, 0.2) is 0 Å². The molecule has 0 aromatic heterocycles. The number of amides is 1. The zero-order valence-corrected chi connectivity index (χ0v) is 12.2. The molecule has 0 aliphatic carbocycles. The summed E-state index contributed by atoms with van der Waals surface area (Å²) in [4.78, 5) is 23.5. The predicted molar refractivity (Wildman–Crippen MR) is 81.4 cm³/mol. The van der Waals surface area contributed by atoms with Gasteiger partial charge in [-0.05, 0) is 30.2 Å². The van der Waals surface area contributed by atoms with Crippen LogP contribution in [0.2, 0.25) is 0 Å². The van der Waals surface area contributed by atoms with Gasteiger partial charge in [-0.1, -0.05) is 36.4 Å². The fraction of sp³-hybridized carbons (Fsp3) is 0.176. The average molecular weight is 299 g/mol. The first kappa shape index (κ1) is 15.6. The summed E-state index contributed by atoms with van der Waals surface area (Å²) in [6.07, 6.45) is 0. The van der Waals surface area contributed by atoms with Crippen molar-refractivity contribution in [2.45, 2.75) is 13.5 Å². The fourth-order valence-electron chi connectivity index (χ4n) is 1.87. The van der Waals surface area contributed by atoms with Gasteiger partial charge in [0, 0.05) is 0 Å². The Hall–Kier alpha value is -2.82. The maximum atomic E-state index is 11.9. The Labute approximate surface area is 128 Å². The first-order valence-electron chi connectivity index (χ1n) is 6.83. The van der Waals surface area contributed by atoms with Crippen molar-refractivity contribution in [1.82, 2.24) is 5.32 Å². The van der Waals surface area contributed by atoms with Gasteiger partial charge in [0.25, 0.3) is 5.91 Å². The van der Waals surface area contributed by atoms with Crippen molar-refractivity contribution < 1.29 is 19.4 Å². The minimum Gasteiger partial charge on any atom is -0.507 e. The molecule has 0 unspecified atom stereocenters. The monoisotopic (exact) mass is 299 g/mol. The minimum absolute atomic E-state index is 0.116. The van der Waals surface area contributed by atoms with Crippen LogP contribution in [0, 0.1) is 6.92 Å². The highest BCUT2D eigenvalue weighted by Gasteiger charge is 2.12. The minimum atomic E-state index is -0.538. The lowest BCUT2D eigenvalue weighted by atomic mass is 10.1. The van der Waals surface area contributed by atoms with Gasteiger partial charge in [-0.15, -0.1) is 0 Å². The van der Waals surface area contributed by atoms with Crippen LogP contribution in [-0.2, 0) is 16.1 Å². The zero-order chi connectivity index (χ0) is 15.9. The molecule has 5 nitrogen and oxygen atoms in total. The van der Waals surface area contributed by atoms with Crippen LogP contribution in [-0.4, -0.2) is 23.5 Å². The van der Waals surface area contributed by atoms with Crippen molar-refractivity contribution in [2.75, 3.05) is 6.54 Å². The molecule has 0 spiro atoms. The lowest BCUT2D eigenvalue weighted by Gasteiger charge is -2.08. The van der Waals surface area contributed by atoms with Crippen LogP contribution in [0.3, 0.4) is 0 Å². The summed E-state index contributed by atoms with van der Waals surface area (Å²) in [7, 11) is 0. The molecule has 0 saturated carbocycles. The van der Waals surface area contributed by atoms with Gasteiger partial charge in [-0.3, -0.25) is 9.59 Å². The molecule has 2 aromatic rings. The highest BCUT2D eigenvalue weighted by atomic mass is 16.5. The number of hydrogen-bond acceptors (Lipinski definition) is 4. The number of phenolic OH excluding ortho intramolecular Hbond substituents is 1. The number of hydrogen-bond donors (Lipinski definition) is 2. The standard InChI is InChI=1S/C17H17NO4/c1-12-7-8-14(15(19)9-12)17(21)18-10-16(20)22-11-13-5-3-2-4-6-13/h2-9,19H,10-11H2,1H3,(H,18,21). The maximum Gasteiger partial charge on any atom is 0.325 e. The molecule has 0 aliphatic rings. The van der Waals surface area contributed by atoms with Crippen LogP contribution in [0.25, 0.3) is 0 Å². The van der Waals surface area contributed by atoms with E-state index in [0.717, 1.165) is 11.1 Å². The third kappa shape index (κ3) is 4.34. The Morgan fingerprint density at radius 3 is 2.55 bits per heavy atom. The van der Waals surface area contributed by atoms with Gasteiger partial charge in [0.05, 0.1) is 5.56 Å². The molecule has 5 heteroatoms. The second kappa shape index (κ2) is 7.26. The smallest absolute Gasteiger partial charge is 0.325 e. The number of aromatic hydroxyl groups is 1. The van der Waals surface area contributed by atoms with E-state index < -0.39 is 11.9 Å². The van der Waals surface area contributed by atoms with E-state index in [9.17, 15) is 14.7 Å². The van der Waals surface area contributed by atoms with Crippen molar-refractivity contribution in [3.8, 4) is 5.75 Å². The van der Waals surface area contributed by atoms with Crippen molar-refractivity contribution in [3.63, 3.8) is 0 Å². The molecule has 2 rings (SSSR count). The van der Waals surface area contributed by atoms with Crippen LogP contribution in [0.4, 0.5) is 0 Å². The molecule has 1 amide bonds. The van der Waals surface area contributed by atoms with Crippen LogP contribution >= 0.6 is 0 Å². The largest absolute Gasteiger partial charge is 0.507 e. The van der Waals surface area contributed by atoms with E-state index >= 15 is 0 Å². The Balaban J connectivity index is 1.82. The normalized spacial score (nSPS) is 10.0. The molecular weight excluding hydrogens is 282 g/mol. The zero-order valence-electron chi connectivity index (χ0n) is 12.2. The van der Waals surface area contributed by atoms with E-state index in [1.165, 1.54) is 12.1 Å². The maximum absolute atomic E-state index is 11.9. The van der Waals surface area contributed by atoms with Gasteiger partial charge >= 0.3 is 5.97 Å². The van der Waals surface area contributed by atoms with Crippen LogP contribution in [0.1, 0.15) is 21.5 Å². The lowest BCUT2D eigenvalue weighted by Crippen LogP contribution is -2.30. The Kier molecular flexibility index (Phi) is 5.14.